The molecule has 25 heavy (non-hydrogen) atoms. The third kappa shape index (κ3) is 2.72. The lowest BCUT2D eigenvalue weighted by molar-refractivity contribution is 0.0676. The first kappa shape index (κ1) is 15.9. The molecular weight excluding hydrogens is 341 g/mol. The van der Waals surface area contributed by atoms with Gasteiger partial charge in [0.25, 0.3) is 5.91 Å². The van der Waals surface area contributed by atoms with Gasteiger partial charge in [-0.25, -0.2) is 14.1 Å². The van der Waals surface area contributed by atoms with Gasteiger partial charge in [0.1, 0.15) is 11.6 Å². The van der Waals surface area contributed by atoms with Gasteiger partial charge in [0.05, 0.1) is 17.9 Å². The maximum Gasteiger partial charge on any atom is 0.254 e. The summed E-state index contributed by atoms with van der Waals surface area (Å²) in [5, 5.41) is 5.19. The maximum atomic E-state index is 13.1. The highest BCUT2D eigenvalue weighted by Crippen LogP contribution is 2.32. The van der Waals surface area contributed by atoms with E-state index in [1.54, 1.807) is 11.1 Å². The molecule has 128 valence electrons. The van der Waals surface area contributed by atoms with E-state index in [2.05, 4.69) is 14.5 Å². The molecule has 0 saturated heterocycles. The van der Waals surface area contributed by atoms with Crippen LogP contribution < -0.4 is 0 Å². The summed E-state index contributed by atoms with van der Waals surface area (Å²) in [6.45, 7) is 4.41. The Morgan fingerprint density at radius 3 is 2.76 bits per heavy atom. The van der Waals surface area contributed by atoms with Gasteiger partial charge in [-0.3, -0.25) is 4.79 Å². The molecule has 1 aliphatic rings. The van der Waals surface area contributed by atoms with Crippen molar-refractivity contribution in [2.24, 2.45) is 0 Å². The summed E-state index contributed by atoms with van der Waals surface area (Å²) >= 11 is 1.31. The van der Waals surface area contributed by atoms with Crippen LogP contribution in [0.25, 0.3) is 5.13 Å². The van der Waals surface area contributed by atoms with Crippen molar-refractivity contribution >= 4 is 17.4 Å². The Bertz CT molecular complexity index is 933. The van der Waals surface area contributed by atoms with E-state index in [0.29, 0.717) is 18.5 Å². The SMILES string of the molecule is Cc1nsc(-n2ncc3c2CCN(C(=O)c2ccc(F)cc2)C3C)n1. The van der Waals surface area contributed by atoms with Gasteiger partial charge in [-0.2, -0.15) is 9.47 Å². The van der Waals surface area contributed by atoms with Crippen LogP contribution in [-0.2, 0) is 6.42 Å². The molecule has 8 heteroatoms. The molecule has 0 fully saturated rings. The van der Waals surface area contributed by atoms with Crippen molar-refractivity contribution in [3.63, 3.8) is 0 Å². The monoisotopic (exact) mass is 357 g/mol. The van der Waals surface area contributed by atoms with E-state index < -0.39 is 0 Å². The van der Waals surface area contributed by atoms with Crippen LogP contribution in [0.15, 0.2) is 30.5 Å². The quantitative estimate of drug-likeness (QED) is 0.707. The number of benzene rings is 1. The minimum atomic E-state index is -0.348. The van der Waals surface area contributed by atoms with Gasteiger partial charge in [-0.15, -0.1) is 0 Å². The standard InChI is InChI=1S/C17H16FN5OS/c1-10-14-9-19-23(17-20-11(2)21-25-17)15(14)7-8-22(10)16(24)12-3-5-13(18)6-4-12/h3-6,9-10H,7-8H2,1-2H3. The zero-order valence-electron chi connectivity index (χ0n) is 13.8. The van der Waals surface area contributed by atoms with Gasteiger partial charge in [0, 0.05) is 35.6 Å². The number of carbonyl (C=O) groups is 1. The number of hydrogen-bond donors (Lipinski definition) is 0. The lowest BCUT2D eigenvalue weighted by Crippen LogP contribution is -2.39. The molecule has 3 heterocycles. The first-order valence-corrected chi connectivity index (χ1v) is 8.76. The summed E-state index contributed by atoms with van der Waals surface area (Å²) in [4.78, 5) is 19.0. The predicted molar refractivity (Wildman–Crippen MR) is 91.3 cm³/mol. The number of fused-ring (bicyclic) bond motifs is 1. The number of amides is 1. The number of hydrogen-bond acceptors (Lipinski definition) is 5. The van der Waals surface area contributed by atoms with E-state index in [1.165, 1.54) is 35.8 Å². The smallest absolute Gasteiger partial charge is 0.254 e. The number of carbonyl (C=O) groups excluding carboxylic acids is 1. The molecule has 0 radical (unpaired) electrons. The van der Waals surface area contributed by atoms with Crippen LogP contribution in [0.5, 0.6) is 0 Å². The number of aryl methyl sites for hydroxylation is 1. The molecule has 1 amide bonds. The summed E-state index contributed by atoms with van der Waals surface area (Å²) in [6.07, 6.45) is 2.48. The summed E-state index contributed by atoms with van der Waals surface area (Å²) < 4.78 is 19.1. The summed E-state index contributed by atoms with van der Waals surface area (Å²) in [6, 6.07) is 5.55. The van der Waals surface area contributed by atoms with Gasteiger partial charge < -0.3 is 4.90 Å². The van der Waals surface area contributed by atoms with Crippen LogP contribution in [0.3, 0.4) is 0 Å². The Morgan fingerprint density at radius 2 is 2.08 bits per heavy atom. The highest BCUT2D eigenvalue weighted by Gasteiger charge is 2.31. The van der Waals surface area contributed by atoms with Gasteiger partial charge in [-0.1, -0.05) is 0 Å². The molecule has 3 aromatic rings. The van der Waals surface area contributed by atoms with Crippen LogP contribution in [0.1, 0.15) is 40.4 Å². The van der Waals surface area contributed by atoms with Crippen molar-refractivity contribution < 1.29 is 9.18 Å². The lowest BCUT2D eigenvalue weighted by Gasteiger charge is -2.33. The minimum Gasteiger partial charge on any atom is -0.331 e. The number of nitrogens with zero attached hydrogens (tertiary/aromatic N) is 5. The Labute approximate surface area is 148 Å². The zero-order valence-corrected chi connectivity index (χ0v) is 14.6. The molecule has 1 aromatic carbocycles. The average Bonchev–Trinajstić information content (AvgIpc) is 3.21. The predicted octanol–water partition coefficient (Wildman–Crippen LogP) is 2.93. The van der Waals surface area contributed by atoms with Crippen molar-refractivity contribution in [2.45, 2.75) is 26.3 Å². The largest absolute Gasteiger partial charge is 0.331 e. The third-order valence-electron chi connectivity index (χ3n) is 4.46. The molecular formula is C17H16FN5OS. The highest BCUT2D eigenvalue weighted by atomic mass is 32.1. The summed E-state index contributed by atoms with van der Waals surface area (Å²) in [5.74, 6) is 0.276. The topological polar surface area (TPSA) is 63.9 Å². The van der Waals surface area contributed by atoms with Crippen LogP contribution in [0.2, 0.25) is 0 Å². The molecule has 0 bridgehead atoms. The Hall–Kier alpha value is -2.61. The number of halogens is 1. The fraction of sp³-hybridized carbons (Fsp3) is 0.294. The minimum absolute atomic E-state index is 0.0994. The Kier molecular flexibility index (Phi) is 3.84. The fourth-order valence-corrected chi connectivity index (χ4v) is 3.81. The van der Waals surface area contributed by atoms with E-state index in [9.17, 15) is 9.18 Å². The fourth-order valence-electron chi connectivity index (χ4n) is 3.15. The molecule has 1 unspecified atom stereocenters. The third-order valence-corrected chi connectivity index (χ3v) is 5.24. The molecule has 6 nitrogen and oxygen atoms in total. The van der Waals surface area contributed by atoms with Gasteiger partial charge in [-0.05, 0) is 38.1 Å². The maximum absolute atomic E-state index is 13.1. The van der Waals surface area contributed by atoms with Crippen molar-refractivity contribution in [1.82, 2.24) is 24.0 Å². The first-order valence-electron chi connectivity index (χ1n) is 7.98. The van der Waals surface area contributed by atoms with Crippen molar-refractivity contribution in [1.29, 1.82) is 0 Å². The van der Waals surface area contributed by atoms with Gasteiger partial charge >= 0.3 is 0 Å². The van der Waals surface area contributed by atoms with Crippen LogP contribution in [0.4, 0.5) is 4.39 Å². The summed E-state index contributed by atoms with van der Waals surface area (Å²) in [7, 11) is 0. The summed E-state index contributed by atoms with van der Waals surface area (Å²) in [5.41, 5.74) is 2.56. The highest BCUT2D eigenvalue weighted by molar-refractivity contribution is 7.08. The molecule has 0 saturated carbocycles. The molecule has 1 atom stereocenters. The Morgan fingerprint density at radius 1 is 1.32 bits per heavy atom. The van der Waals surface area contributed by atoms with Crippen LogP contribution in [0, 0.1) is 12.7 Å². The van der Waals surface area contributed by atoms with Crippen LogP contribution >= 0.6 is 11.5 Å². The number of aromatic nitrogens is 4. The molecule has 0 aliphatic carbocycles. The Balaban J connectivity index is 1.63. The molecule has 0 N–H and O–H groups in total. The van der Waals surface area contributed by atoms with E-state index in [-0.39, 0.29) is 17.8 Å². The molecule has 0 spiro atoms. The average molecular weight is 357 g/mol. The second kappa shape index (κ2) is 6.03. The van der Waals surface area contributed by atoms with Crippen molar-refractivity contribution in [3.8, 4) is 5.13 Å². The van der Waals surface area contributed by atoms with E-state index in [1.807, 2.05) is 18.5 Å². The zero-order chi connectivity index (χ0) is 17.6. The van der Waals surface area contributed by atoms with E-state index in [0.717, 1.165) is 22.2 Å². The van der Waals surface area contributed by atoms with Gasteiger partial charge in [0.15, 0.2) is 0 Å². The molecule has 2 aromatic heterocycles. The number of rotatable bonds is 2. The molecule has 1 aliphatic heterocycles. The molecule has 4 rings (SSSR count). The first-order chi connectivity index (χ1) is 12.0. The second-order valence-corrected chi connectivity index (χ2v) is 6.74. The van der Waals surface area contributed by atoms with Gasteiger partial charge in [0.2, 0.25) is 5.13 Å². The van der Waals surface area contributed by atoms with E-state index >= 15 is 0 Å². The van der Waals surface area contributed by atoms with E-state index in [4.69, 9.17) is 0 Å². The normalized spacial score (nSPS) is 16.8. The van der Waals surface area contributed by atoms with Crippen molar-refractivity contribution in [2.75, 3.05) is 6.54 Å². The second-order valence-electron chi connectivity index (χ2n) is 6.01. The van der Waals surface area contributed by atoms with Crippen molar-refractivity contribution in [3.05, 3.63) is 58.9 Å². The van der Waals surface area contributed by atoms with Crippen LogP contribution in [-0.4, -0.2) is 36.5 Å². The lowest BCUT2D eigenvalue weighted by atomic mass is 9.99.